The highest BCUT2D eigenvalue weighted by Gasteiger charge is 2.09. The van der Waals surface area contributed by atoms with Gasteiger partial charge in [0, 0.05) is 17.4 Å². The van der Waals surface area contributed by atoms with Crippen LogP contribution in [0.5, 0.6) is 0 Å². The first kappa shape index (κ1) is 9.13. The molecule has 14 heavy (non-hydrogen) atoms. The minimum atomic E-state index is 0.568. The van der Waals surface area contributed by atoms with Crippen molar-refractivity contribution in [1.82, 2.24) is 0 Å². The molecule has 1 aromatic rings. The lowest BCUT2D eigenvalue weighted by atomic mass is 10.1. The number of anilines is 2. The van der Waals surface area contributed by atoms with Crippen molar-refractivity contribution in [2.75, 3.05) is 11.1 Å². The molecule has 0 heterocycles. The van der Waals surface area contributed by atoms with E-state index in [9.17, 15) is 0 Å². The summed E-state index contributed by atoms with van der Waals surface area (Å²) in [5, 5.41) is 3.49. The van der Waals surface area contributed by atoms with Gasteiger partial charge in [-0.15, -0.1) is 0 Å². The van der Waals surface area contributed by atoms with E-state index in [2.05, 4.69) is 23.5 Å². The zero-order chi connectivity index (χ0) is 9.97. The van der Waals surface area contributed by atoms with Crippen LogP contribution in [-0.4, -0.2) is 6.04 Å². The molecule has 0 aliphatic heterocycles. The number of benzene rings is 1. The van der Waals surface area contributed by atoms with Gasteiger partial charge in [-0.1, -0.05) is 12.2 Å². The van der Waals surface area contributed by atoms with E-state index in [0.29, 0.717) is 6.04 Å². The number of nitrogen functional groups attached to an aromatic ring is 1. The average Bonchev–Trinajstić information content (AvgIpc) is 2.64. The molecule has 1 aliphatic carbocycles. The van der Waals surface area contributed by atoms with Gasteiger partial charge in [-0.2, -0.15) is 0 Å². The molecule has 0 spiro atoms. The molecule has 2 nitrogen and oxygen atoms in total. The predicted octanol–water partition coefficient (Wildman–Crippen LogP) is 2.71. The van der Waals surface area contributed by atoms with Crippen LogP contribution in [0.3, 0.4) is 0 Å². The Labute approximate surface area is 84.8 Å². The molecule has 1 aromatic carbocycles. The van der Waals surface area contributed by atoms with Crippen LogP contribution in [0.2, 0.25) is 0 Å². The molecular formula is C12H16N2. The second kappa shape index (κ2) is 3.74. The number of rotatable bonds is 2. The van der Waals surface area contributed by atoms with Crippen molar-refractivity contribution >= 4 is 11.4 Å². The molecule has 0 saturated carbocycles. The molecule has 2 rings (SSSR count). The van der Waals surface area contributed by atoms with E-state index in [1.807, 2.05) is 19.1 Å². The Balaban J connectivity index is 2.06. The third-order valence-electron chi connectivity index (χ3n) is 2.65. The summed E-state index contributed by atoms with van der Waals surface area (Å²) >= 11 is 0. The molecule has 0 aromatic heterocycles. The van der Waals surface area contributed by atoms with Crippen LogP contribution in [0.25, 0.3) is 0 Å². The number of nitrogens with two attached hydrogens (primary N) is 1. The highest BCUT2D eigenvalue weighted by Crippen LogP contribution is 2.20. The molecule has 1 aliphatic rings. The maximum absolute atomic E-state index is 5.76. The quantitative estimate of drug-likeness (QED) is 0.553. The Hall–Kier alpha value is -1.44. The lowest BCUT2D eigenvalue weighted by Crippen LogP contribution is -2.14. The van der Waals surface area contributed by atoms with Crippen LogP contribution >= 0.6 is 0 Å². The largest absolute Gasteiger partial charge is 0.399 e. The highest BCUT2D eigenvalue weighted by molar-refractivity contribution is 5.57. The van der Waals surface area contributed by atoms with E-state index in [4.69, 9.17) is 5.73 Å². The maximum atomic E-state index is 5.76. The molecule has 0 unspecified atom stereocenters. The summed E-state index contributed by atoms with van der Waals surface area (Å²) in [5.41, 5.74) is 8.93. The van der Waals surface area contributed by atoms with Crippen LogP contribution in [0.4, 0.5) is 11.4 Å². The van der Waals surface area contributed by atoms with Crippen molar-refractivity contribution in [3.63, 3.8) is 0 Å². The third-order valence-corrected chi connectivity index (χ3v) is 2.65. The average molecular weight is 188 g/mol. The lowest BCUT2D eigenvalue weighted by Gasteiger charge is -2.14. The molecule has 0 radical (unpaired) electrons. The zero-order valence-electron chi connectivity index (χ0n) is 8.46. The van der Waals surface area contributed by atoms with Crippen molar-refractivity contribution in [3.8, 4) is 0 Å². The smallest absolute Gasteiger partial charge is 0.0346 e. The van der Waals surface area contributed by atoms with Crippen molar-refractivity contribution < 1.29 is 0 Å². The molecule has 0 bridgehead atoms. The summed E-state index contributed by atoms with van der Waals surface area (Å²) in [6.07, 6.45) is 6.70. The first-order chi connectivity index (χ1) is 6.75. The fourth-order valence-corrected chi connectivity index (χ4v) is 1.74. The monoisotopic (exact) mass is 188 g/mol. The summed E-state index contributed by atoms with van der Waals surface area (Å²) in [5.74, 6) is 0. The zero-order valence-corrected chi connectivity index (χ0v) is 8.46. The van der Waals surface area contributed by atoms with Crippen molar-refractivity contribution in [2.45, 2.75) is 25.8 Å². The van der Waals surface area contributed by atoms with Crippen molar-refractivity contribution in [1.29, 1.82) is 0 Å². The van der Waals surface area contributed by atoms with Crippen LogP contribution in [0.1, 0.15) is 18.4 Å². The van der Waals surface area contributed by atoms with Gasteiger partial charge in [0.1, 0.15) is 0 Å². The lowest BCUT2D eigenvalue weighted by molar-refractivity contribution is 0.787. The summed E-state index contributed by atoms with van der Waals surface area (Å²) in [4.78, 5) is 0. The molecule has 74 valence electrons. The van der Waals surface area contributed by atoms with E-state index in [1.54, 1.807) is 0 Å². The first-order valence-electron chi connectivity index (χ1n) is 5.03. The second-order valence-corrected chi connectivity index (χ2v) is 3.86. The third kappa shape index (κ3) is 1.90. The van der Waals surface area contributed by atoms with E-state index in [1.165, 1.54) is 5.69 Å². The van der Waals surface area contributed by atoms with E-state index in [-0.39, 0.29) is 0 Å². The molecular weight excluding hydrogens is 172 g/mol. The fourth-order valence-electron chi connectivity index (χ4n) is 1.74. The predicted molar refractivity (Wildman–Crippen MR) is 61.4 cm³/mol. The van der Waals surface area contributed by atoms with Gasteiger partial charge in [-0.05, 0) is 43.5 Å². The number of hydrogen-bond acceptors (Lipinski definition) is 2. The Kier molecular flexibility index (Phi) is 2.44. The van der Waals surface area contributed by atoms with E-state index in [0.717, 1.165) is 24.1 Å². The van der Waals surface area contributed by atoms with Crippen LogP contribution in [0, 0.1) is 6.92 Å². The van der Waals surface area contributed by atoms with Gasteiger partial charge < -0.3 is 11.1 Å². The number of hydrogen-bond donors (Lipinski definition) is 2. The molecule has 3 N–H and O–H groups in total. The Morgan fingerprint density at radius 2 is 2.00 bits per heavy atom. The van der Waals surface area contributed by atoms with E-state index < -0.39 is 0 Å². The molecule has 0 saturated heterocycles. The molecule has 2 heteroatoms. The van der Waals surface area contributed by atoms with Gasteiger partial charge >= 0.3 is 0 Å². The first-order valence-corrected chi connectivity index (χ1v) is 5.03. The Bertz CT molecular complexity index is 347. The number of aryl methyl sites for hydroxylation is 1. The minimum Gasteiger partial charge on any atom is -0.399 e. The minimum absolute atomic E-state index is 0.568. The number of nitrogens with one attached hydrogen (secondary N) is 1. The van der Waals surface area contributed by atoms with Gasteiger partial charge in [-0.25, -0.2) is 0 Å². The molecule has 0 atom stereocenters. The Morgan fingerprint density at radius 1 is 1.29 bits per heavy atom. The van der Waals surface area contributed by atoms with Crippen LogP contribution in [0.15, 0.2) is 30.4 Å². The summed E-state index contributed by atoms with van der Waals surface area (Å²) in [6.45, 7) is 2.04. The second-order valence-electron chi connectivity index (χ2n) is 3.86. The van der Waals surface area contributed by atoms with Gasteiger partial charge in [0.2, 0.25) is 0 Å². The maximum Gasteiger partial charge on any atom is 0.0346 e. The summed E-state index contributed by atoms with van der Waals surface area (Å²) in [6, 6.07) is 6.67. The van der Waals surface area contributed by atoms with Gasteiger partial charge in [0.15, 0.2) is 0 Å². The van der Waals surface area contributed by atoms with Gasteiger partial charge in [0.05, 0.1) is 0 Å². The standard InChI is InChI=1S/C12H16N2/c1-9-8-11(6-7-12(9)13)14-10-4-2-3-5-10/h2-3,6-8,10,14H,4-5,13H2,1H3. The molecule has 0 fully saturated rings. The summed E-state index contributed by atoms with van der Waals surface area (Å²) in [7, 11) is 0. The van der Waals surface area contributed by atoms with Crippen LogP contribution < -0.4 is 11.1 Å². The van der Waals surface area contributed by atoms with Gasteiger partial charge in [0.25, 0.3) is 0 Å². The normalized spacial score (nSPS) is 16.1. The molecule has 0 amide bonds. The highest BCUT2D eigenvalue weighted by atomic mass is 14.9. The topological polar surface area (TPSA) is 38.0 Å². The van der Waals surface area contributed by atoms with Crippen molar-refractivity contribution in [3.05, 3.63) is 35.9 Å². The fraction of sp³-hybridized carbons (Fsp3) is 0.333. The van der Waals surface area contributed by atoms with Crippen molar-refractivity contribution in [2.24, 2.45) is 0 Å². The summed E-state index contributed by atoms with van der Waals surface area (Å²) < 4.78 is 0. The van der Waals surface area contributed by atoms with E-state index >= 15 is 0 Å². The Morgan fingerprint density at radius 3 is 2.64 bits per heavy atom. The van der Waals surface area contributed by atoms with Gasteiger partial charge in [-0.3, -0.25) is 0 Å². The van der Waals surface area contributed by atoms with Crippen LogP contribution in [-0.2, 0) is 0 Å². The SMILES string of the molecule is Cc1cc(NC2CC=CC2)ccc1N.